The van der Waals surface area contributed by atoms with E-state index in [1.165, 1.54) is 57.8 Å². The third-order valence-electron chi connectivity index (χ3n) is 18.5. The van der Waals surface area contributed by atoms with Gasteiger partial charge in [-0.15, -0.1) is 0 Å². The van der Waals surface area contributed by atoms with Crippen molar-refractivity contribution in [3.63, 3.8) is 0 Å². The van der Waals surface area contributed by atoms with E-state index in [4.69, 9.17) is 4.74 Å². The quantitative estimate of drug-likeness (QED) is 0.198. The summed E-state index contributed by atoms with van der Waals surface area (Å²) in [7, 11) is 0. The molecule has 0 aromatic carbocycles. The van der Waals surface area contributed by atoms with Crippen molar-refractivity contribution in [1.82, 2.24) is 0 Å². The van der Waals surface area contributed by atoms with Gasteiger partial charge in [-0.1, -0.05) is 102 Å². The molecular weight excluding hydrogens is 919 g/mol. The zero-order valence-corrected chi connectivity index (χ0v) is 47.3. The van der Waals surface area contributed by atoms with Crippen molar-refractivity contribution in [3.05, 3.63) is 0 Å². The Morgan fingerprint density at radius 1 is 0.465 bits per heavy atom. The number of rotatable bonds is 6. The molecule has 6 saturated carbocycles. The lowest BCUT2D eigenvalue weighted by Crippen LogP contribution is -2.49. The zero-order chi connectivity index (χ0) is 54.2. The summed E-state index contributed by atoms with van der Waals surface area (Å²) >= 11 is 0. The molecule has 0 amide bonds. The van der Waals surface area contributed by atoms with Crippen molar-refractivity contribution in [1.29, 1.82) is 0 Å². The Morgan fingerprint density at radius 3 is 1.18 bits per heavy atom. The molecule has 12 heteroatoms. The zero-order valence-electron chi connectivity index (χ0n) is 47.3. The Hall–Kier alpha value is -0.950. The first-order chi connectivity index (χ1) is 32.7. The fourth-order valence-electron chi connectivity index (χ4n) is 12.3. The number of aliphatic hydroxyl groups excluding tert-OH is 1. The number of carbonyl (C=O) groups is 1. The molecule has 422 valence electrons. The Kier molecular flexibility index (Phi) is 27.5. The molecule has 1 saturated heterocycles. The average Bonchev–Trinajstić information content (AvgIpc) is 3.26. The van der Waals surface area contributed by atoms with Gasteiger partial charge in [0.25, 0.3) is 0 Å². The van der Waals surface area contributed by atoms with Crippen molar-refractivity contribution in [2.75, 3.05) is 6.61 Å². The van der Waals surface area contributed by atoms with Crippen molar-refractivity contribution >= 4 is 5.78 Å². The number of ether oxygens (including phenoxy) is 1. The molecule has 7 fully saturated rings. The van der Waals surface area contributed by atoms with E-state index in [0.29, 0.717) is 42.5 Å². The molecule has 0 aromatic heterocycles. The van der Waals surface area contributed by atoms with E-state index < -0.39 is 23.6 Å². The second-order valence-electron chi connectivity index (χ2n) is 26.1. The van der Waals surface area contributed by atoms with Crippen LogP contribution < -0.4 is 0 Å². The van der Waals surface area contributed by atoms with E-state index in [9.17, 15) is 51.6 Å². The van der Waals surface area contributed by atoms with Crippen LogP contribution in [0.3, 0.4) is 0 Å². The van der Waals surface area contributed by atoms with Crippen LogP contribution in [0.4, 0.5) is 26.3 Å². The van der Waals surface area contributed by atoms with Gasteiger partial charge < -0.3 is 25.2 Å². The second kappa shape index (κ2) is 29.5. The number of hydrogen-bond acceptors (Lipinski definition) is 6. The number of Topliss-reactive ketones (excluding diaryl/α,β-unsaturated/α-hetero) is 1. The third-order valence-corrected chi connectivity index (χ3v) is 18.5. The Labute approximate surface area is 429 Å². The Bertz CT molecular complexity index is 1440. The highest BCUT2D eigenvalue weighted by molar-refractivity contribution is 5.79. The van der Waals surface area contributed by atoms with Crippen molar-refractivity contribution in [3.8, 4) is 0 Å². The van der Waals surface area contributed by atoms with E-state index in [2.05, 4.69) is 55.4 Å². The maximum atomic E-state index is 12.5. The van der Waals surface area contributed by atoms with Gasteiger partial charge in [-0.25, -0.2) is 0 Å². The van der Waals surface area contributed by atoms with Crippen LogP contribution >= 0.6 is 0 Å². The normalized spacial score (nSPS) is 35.0. The number of aliphatic hydroxyl groups is 4. The Balaban J connectivity index is 0.000000293. The monoisotopic (exact) mass is 1030 g/mol. The lowest BCUT2D eigenvalue weighted by Gasteiger charge is -2.47. The summed E-state index contributed by atoms with van der Waals surface area (Å²) in [6, 6.07) is 0. The maximum Gasteiger partial charge on any atom is 0.417 e. The van der Waals surface area contributed by atoms with E-state index >= 15 is 0 Å². The van der Waals surface area contributed by atoms with E-state index in [0.717, 1.165) is 112 Å². The van der Waals surface area contributed by atoms with Crippen LogP contribution in [0.1, 0.15) is 251 Å². The fourth-order valence-corrected chi connectivity index (χ4v) is 12.3. The summed E-state index contributed by atoms with van der Waals surface area (Å²) in [6.45, 7) is 29.1. The van der Waals surface area contributed by atoms with Gasteiger partial charge in [0.1, 0.15) is 5.78 Å². The summed E-state index contributed by atoms with van der Waals surface area (Å²) in [5.74, 6) is 7.88. The van der Waals surface area contributed by atoms with Crippen molar-refractivity contribution < 1.29 is 56.3 Å². The van der Waals surface area contributed by atoms with Gasteiger partial charge in [0.15, 0.2) is 11.2 Å². The van der Waals surface area contributed by atoms with Gasteiger partial charge in [0.2, 0.25) is 0 Å². The number of carbonyl (C=O) groups excluding carboxylic acids is 1. The highest BCUT2D eigenvalue weighted by Crippen LogP contribution is 2.47. The average molecular weight is 1030 g/mol. The molecule has 6 unspecified atom stereocenters. The van der Waals surface area contributed by atoms with E-state index in [1.807, 2.05) is 34.6 Å². The molecular formula is C59H108F6O6. The summed E-state index contributed by atoms with van der Waals surface area (Å²) in [6.07, 6.45) is 12.6. The highest BCUT2D eigenvalue weighted by Gasteiger charge is 2.56. The van der Waals surface area contributed by atoms with Gasteiger partial charge in [0, 0.05) is 12.8 Å². The molecule has 6 atom stereocenters. The first-order valence-corrected chi connectivity index (χ1v) is 28.8. The summed E-state index contributed by atoms with van der Waals surface area (Å²) in [4.78, 5) is 10.8. The molecule has 1 aliphatic heterocycles. The maximum absolute atomic E-state index is 12.5. The molecule has 0 radical (unpaired) electrons. The summed E-state index contributed by atoms with van der Waals surface area (Å²) < 4.78 is 80.4. The van der Waals surface area contributed by atoms with Gasteiger partial charge in [-0.05, 0) is 206 Å². The number of alkyl halides is 6. The molecule has 0 bridgehead atoms. The first-order valence-electron chi connectivity index (χ1n) is 28.8. The summed E-state index contributed by atoms with van der Waals surface area (Å²) in [5, 5.41) is 38.0. The molecule has 71 heavy (non-hydrogen) atoms. The summed E-state index contributed by atoms with van der Waals surface area (Å²) in [5.41, 5.74) is -4.85. The minimum Gasteiger partial charge on any atom is -0.393 e. The van der Waals surface area contributed by atoms with E-state index in [-0.39, 0.29) is 49.2 Å². The van der Waals surface area contributed by atoms with Gasteiger partial charge in [-0.3, -0.25) is 4.79 Å². The van der Waals surface area contributed by atoms with Crippen LogP contribution in [0, 0.1) is 71.0 Å². The molecule has 4 N–H and O–H groups in total. The molecule has 6 nitrogen and oxygen atoms in total. The largest absolute Gasteiger partial charge is 0.417 e. The van der Waals surface area contributed by atoms with Gasteiger partial charge in [-0.2, -0.15) is 26.3 Å². The SMILES string of the molecule is CC(C)C1CCC(=O)CC1.CC(C)C1CCC(O)(C(F)(F)F)CC1.CC(C)C1CCC2(CCO2)CC1.CC(C)C1CCCC(C)(O)C1.CC(C)C1CCCC(O)(C(F)(F)F)C1.CC(C)C1CCCC(O)C1. The van der Waals surface area contributed by atoms with Gasteiger partial charge in [0.05, 0.1) is 23.9 Å². The van der Waals surface area contributed by atoms with Crippen LogP contribution in [-0.4, -0.2) is 73.7 Å². The number of hydrogen-bond donors (Lipinski definition) is 4. The number of ketones is 1. The van der Waals surface area contributed by atoms with Crippen LogP contribution in [0.15, 0.2) is 0 Å². The molecule has 1 spiro atoms. The first kappa shape index (κ1) is 66.2. The standard InChI is InChI=1S/C11H20O.2C10H17F3O.C10H20O.C9H16O.C9H18O/c1-9(2)10-3-5-11(6-4-10)7-8-12-11;1-7(2)8-3-5-9(14,6-4-8)10(11,12)13;1-7(2)8-4-3-5-9(14,6-8)10(11,12)13;1-8(2)9-5-4-6-10(3,11)7-9;1-7(2)8-3-5-9(10)6-4-8;1-7(2)8-4-3-5-9(10)6-8/h9-10H,3-8H2,1-2H3;2*7-8,14H,3-6H2,1-2H3;8-9,11H,4-7H2,1-3H3;7-8H,3-6H2,1-2H3;7-10H,3-6H2,1-2H3. The van der Waals surface area contributed by atoms with Gasteiger partial charge >= 0.3 is 12.4 Å². The Morgan fingerprint density at radius 2 is 0.845 bits per heavy atom. The number of halogens is 6. The molecule has 1 heterocycles. The van der Waals surface area contributed by atoms with Crippen LogP contribution in [0.25, 0.3) is 0 Å². The highest BCUT2D eigenvalue weighted by atomic mass is 19.4. The lowest BCUT2D eigenvalue weighted by molar-refractivity contribution is -0.275. The van der Waals surface area contributed by atoms with Crippen LogP contribution in [0.5, 0.6) is 0 Å². The second-order valence-corrected chi connectivity index (χ2v) is 26.1. The third kappa shape index (κ3) is 22.7. The van der Waals surface area contributed by atoms with Crippen LogP contribution in [-0.2, 0) is 9.53 Å². The lowest BCUT2D eigenvalue weighted by atomic mass is 9.72. The minimum absolute atomic E-state index is 0.00106. The molecule has 6 aliphatic carbocycles. The fraction of sp³-hybridized carbons (Fsp3) is 0.983. The predicted octanol–water partition coefficient (Wildman–Crippen LogP) is 16.4. The molecule has 7 aliphatic rings. The smallest absolute Gasteiger partial charge is 0.393 e. The molecule has 7 rings (SSSR count). The topological polar surface area (TPSA) is 107 Å². The van der Waals surface area contributed by atoms with Crippen molar-refractivity contribution in [2.45, 2.75) is 291 Å². The molecule has 0 aromatic rings. The van der Waals surface area contributed by atoms with E-state index in [1.54, 1.807) is 0 Å². The van der Waals surface area contributed by atoms with Crippen LogP contribution in [0.2, 0.25) is 0 Å². The van der Waals surface area contributed by atoms with Crippen molar-refractivity contribution in [2.24, 2.45) is 71.0 Å². The minimum atomic E-state index is -4.47. The predicted molar refractivity (Wildman–Crippen MR) is 278 cm³/mol.